The van der Waals surface area contributed by atoms with Gasteiger partial charge in [-0.1, -0.05) is 20.8 Å². The van der Waals surface area contributed by atoms with Crippen LogP contribution in [0.15, 0.2) is 12.1 Å². The second kappa shape index (κ2) is 8.93. The Labute approximate surface area is 214 Å². The van der Waals surface area contributed by atoms with Crippen molar-refractivity contribution in [2.45, 2.75) is 77.4 Å². The number of carbonyl (C=O) groups is 1. The highest BCUT2D eigenvalue weighted by atomic mass is 28.4. The first-order valence-corrected chi connectivity index (χ1v) is 15.0. The van der Waals surface area contributed by atoms with Crippen molar-refractivity contribution in [3.8, 4) is 5.75 Å². The number of nitrogens with one attached hydrogen (secondary N) is 1. The van der Waals surface area contributed by atoms with E-state index in [0.29, 0.717) is 18.6 Å². The zero-order valence-electron chi connectivity index (χ0n) is 22.1. The number of benzene rings is 1. The predicted molar refractivity (Wildman–Crippen MR) is 134 cm³/mol. The van der Waals surface area contributed by atoms with Gasteiger partial charge >= 0.3 is 6.18 Å². The molecule has 0 aliphatic carbocycles. The topological polar surface area (TPSA) is 76.6 Å². The summed E-state index contributed by atoms with van der Waals surface area (Å²) in [6.45, 7) is 12.4. The highest BCUT2D eigenvalue weighted by Crippen LogP contribution is 2.48. The van der Waals surface area contributed by atoms with E-state index in [1.54, 1.807) is 19.9 Å². The molecule has 3 heterocycles. The summed E-state index contributed by atoms with van der Waals surface area (Å²) in [5, 5.41) is 2.24. The maximum absolute atomic E-state index is 14.8. The van der Waals surface area contributed by atoms with Crippen LogP contribution < -0.4 is 15.0 Å². The van der Waals surface area contributed by atoms with Gasteiger partial charge in [0.25, 0.3) is 0 Å². The minimum atomic E-state index is -4.51. The van der Waals surface area contributed by atoms with E-state index >= 15 is 0 Å². The Balaban J connectivity index is 1.84. The van der Waals surface area contributed by atoms with E-state index in [0.717, 1.165) is 0 Å². The van der Waals surface area contributed by atoms with Crippen LogP contribution in [0.25, 0.3) is 0 Å². The van der Waals surface area contributed by atoms with Crippen molar-refractivity contribution in [3.63, 3.8) is 0 Å². The Morgan fingerprint density at radius 2 is 1.86 bits per heavy atom. The summed E-state index contributed by atoms with van der Waals surface area (Å²) in [4.78, 5) is 23.9. The van der Waals surface area contributed by atoms with E-state index < -0.39 is 38.2 Å². The average Bonchev–Trinajstić information content (AvgIpc) is 3.31. The van der Waals surface area contributed by atoms with Crippen molar-refractivity contribution >= 4 is 31.5 Å². The number of alkyl halides is 3. The number of rotatable bonds is 6. The summed E-state index contributed by atoms with van der Waals surface area (Å²) in [6.07, 6.45) is -4.03. The van der Waals surface area contributed by atoms with E-state index in [1.807, 2.05) is 13.1 Å². The Hall–Kier alpha value is -2.73. The molecule has 1 amide bonds. The van der Waals surface area contributed by atoms with Crippen LogP contribution in [0.3, 0.4) is 0 Å². The van der Waals surface area contributed by atoms with Gasteiger partial charge in [-0.3, -0.25) is 9.69 Å². The molecule has 0 unspecified atom stereocenters. The number of ether oxygens (including phenoxy) is 1. The zero-order chi connectivity index (χ0) is 27.6. The fourth-order valence-corrected chi connectivity index (χ4v) is 5.09. The van der Waals surface area contributed by atoms with Crippen LogP contribution in [0.2, 0.25) is 18.1 Å². The molecule has 2 aliphatic rings. The molecule has 202 valence electrons. The summed E-state index contributed by atoms with van der Waals surface area (Å²) in [6, 6.07) is 2.84. The maximum Gasteiger partial charge on any atom is 0.405 e. The molecular weight excluding hydrogens is 508 g/mol. The molecule has 2 aliphatic heterocycles. The molecule has 0 atom stereocenters. The summed E-state index contributed by atoms with van der Waals surface area (Å²) in [7, 11) is -2.25. The van der Waals surface area contributed by atoms with Gasteiger partial charge in [0.1, 0.15) is 18.2 Å². The third kappa shape index (κ3) is 5.05. The number of nitrogens with zero attached hydrogens (tertiary/aromatic N) is 3. The van der Waals surface area contributed by atoms with Gasteiger partial charge in [-0.25, -0.2) is 14.4 Å². The number of carbonyl (C=O) groups excluding carboxylic acids is 1. The van der Waals surface area contributed by atoms with Crippen molar-refractivity contribution in [1.82, 2.24) is 9.97 Å². The largest absolute Gasteiger partial charge is 0.490 e. The zero-order valence-corrected chi connectivity index (χ0v) is 23.1. The van der Waals surface area contributed by atoms with Crippen LogP contribution in [-0.2, 0) is 27.7 Å². The van der Waals surface area contributed by atoms with Crippen molar-refractivity contribution in [2.24, 2.45) is 0 Å². The van der Waals surface area contributed by atoms with E-state index in [9.17, 15) is 22.4 Å². The van der Waals surface area contributed by atoms with Gasteiger partial charge in [-0.05, 0) is 38.0 Å². The highest BCUT2D eigenvalue weighted by Gasteiger charge is 2.49. The van der Waals surface area contributed by atoms with Crippen molar-refractivity contribution in [1.29, 1.82) is 0 Å². The lowest BCUT2D eigenvalue weighted by molar-refractivity contribution is -0.121. The highest BCUT2D eigenvalue weighted by molar-refractivity contribution is 6.74. The first-order valence-electron chi connectivity index (χ1n) is 12.1. The van der Waals surface area contributed by atoms with Gasteiger partial charge in [-0.2, -0.15) is 13.2 Å². The molecule has 1 N–H and O–H groups in total. The van der Waals surface area contributed by atoms with E-state index in [1.165, 1.54) is 11.0 Å². The lowest BCUT2D eigenvalue weighted by atomic mass is 9.87. The standard InChI is InChI=1S/C25H32F4N4O3Si/c1-23(2,3)37(6,7)36-12-17-31-20(30-13-25(27,28)29)18-21(32-17)33(22(34)24(18,4)5)15-10-14-8-9-35-19(14)16(26)11-15/h10-11H,8-9,12-13H2,1-7H3,(H,30,31,32). The number of hydrogen-bond acceptors (Lipinski definition) is 6. The van der Waals surface area contributed by atoms with Crippen LogP contribution in [0.4, 0.5) is 34.9 Å². The Morgan fingerprint density at radius 3 is 2.49 bits per heavy atom. The Morgan fingerprint density at radius 1 is 1.19 bits per heavy atom. The number of halogens is 4. The lowest BCUT2D eigenvalue weighted by Crippen LogP contribution is -2.40. The number of aromatic nitrogens is 2. The van der Waals surface area contributed by atoms with Crippen molar-refractivity contribution in [2.75, 3.05) is 23.4 Å². The normalized spacial score (nSPS) is 17.1. The van der Waals surface area contributed by atoms with Crippen molar-refractivity contribution in [3.05, 3.63) is 34.9 Å². The van der Waals surface area contributed by atoms with Crippen LogP contribution in [0.1, 0.15) is 51.6 Å². The molecular formula is C25H32F4N4O3Si. The van der Waals surface area contributed by atoms with Gasteiger partial charge in [-0.15, -0.1) is 0 Å². The summed E-state index contributed by atoms with van der Waals surface area (Å²) in [5.74, 6) is -0.770. The van der Waals surface area contributed by atoms with E-state index in [4.69, 9.17) is 9.16 Å². The van der Waals surface area contributed by atoms with E-state index in [2.05, 4.69) is 36.1 Å². The van der Waals surface area contributed by atoms with Crippen LogP contribution in [-0.4, -0.2) is 43.5 Å². The molecule has 0 fully saturated rings. The minimum Gasteiger partial charge on any atom is -0.490 e. The third-order valence-corrected chi connectivity index (χ3v) is 11.8. The first-order chi connectivity index (χ1) is 16.9. The first kappa shape index (κ1) is 27.3. The molecule has 1 aromatic carbocycles. The second-order valence-electron chi connectivity index (χ2n) is 11.5. The lowest BCUT2D eigenvalue weighted by Gasteiger charge is -2.36. The molecule has 4 rings (SSSR count). The van der Waals surface area contributed by atoms with Crippen LogP contribution in [0.5, 0.6) is 5.75 Å². The molecule has 37 heavy (non-hydrogen) atoms. The number of hydrogen-bond donors (Lipinski definition) is 1. The molecule has 0 bridgehead atoms. The SMILES string of the molecule is CC1(C)C(=O)N(c2cc(F)c3c(c2)CCO3)c2nc(CO[Si](C)(C)C(C)(C)C)nc(NCC(F)(F)F)c21. The smallest absolute Gasteiger partial charge is 0.405 e. The number of amides is 1. The Kier molecular flexibility index (Phi) is 6.59. The third-order valence-electron chi connectivity index (χ3n) is 7.32. The monoisotopic (exact) mass is 540 g/mol. The number of fused-ring (bicyclic) bond motifs is 2. The average molecular weight is 541 g/mol. The molecule has 1 aromatic heterocycles. The van der Waals surface area contributed by atoms with Crippen LogP contribution in [0, 0.1) is 5.82 Å². The fraction of sp³-hybridized carbons (Fsp3) is 0.560. The van der Waals surface area contributed by atoms with Gasteiger partial charge in [0.2, 0.25) is 5.91 Å². The molecule has 0 spiro atoms. The van der Waals surface area contributed by atoms with Gasteiger partial charge in [0, 0.05) is 18.1 Å². The molecule has 2 aromatic rings. The van der Waals surface area contributed by atoms with E-state index in [-0.39, 0.29) is 46.1 Å². The minimum absolute atomic E-state index is 0.0423. The fourth-order valence-electron chi connectivity index (χ4n) is 4.17. The predicted octanol–water partition coefficient (Wildman–Crippen LogP) is 6.00. The summed E-state index contributed by atoms with van der Waals surface area (Å²) >= 11 is 0. The van der Waals surface area contributed by atoms with Crippen LogP contribution >= 0.6 is 0 Å². The second-order valence-corrected chi connectivity index (χ2v) is 16.3. The number of anilines is 3. The quantitative estimate of drug-likeness (QED) is 0.358. The molecule has 12 heteroatoms. The molecule has 0 saturated heterocycles. The molecule has 7 nitrogen and oxygen atoms in total. The van der Waals surface area contributed by atoms with Gasteiger partial charge < -0.3 is 14.5 Å². The van der Waals surface area contributed by atoms with Gasteiger partial charge in [0.15, 0.2) is 25.7 Å². The van der Waals surface area contributed by atoms with Gasteiger partial charge in [0.05, 0.1) is 29.9 Å². The Bertz CT molecular complexity index is 1240. The molecule has 0 radical (unpaired) electrons. The molecule has 0 saturated carbocycles. The summed E-state index contributed by atoms with van der Waals surface area (Å²) < 4.78 is 65.9. The van der Waals surface area contributed by atoms with Crippen molar-refractivity contribution < 1.29 is 31.5 Å². The maximum atomic E-state index is 14.8. The summed E-state index contributed by atoms with van der Waals surface area (Å²) in [5.41, 5.74) is -0.209.